The van der Waals surface area contributed by atoms with Crippen LogP contribution in [0.15, 0.2) is 0 Å². The van der Waals surface area contributed by atoms with Gasteiger partial charge < -0.3 is 24.7 Å². The van der Waals surface area contributed by atoms with E-state index < -0.39 is 30.1 Å². The first kappa shape index (κ1) is 16.2. The quantitative estimate of drug-likeness (QED) is 0.661. The largest absolute Gasteiger partial charge is 0.480 e. The molecule has 0 aliphatic carbocycles. The van der Waals surface area contributed by atoms with Gasteiger partial charge in [-0.25, -0.2) is 9.59 Å². The topological polar surface area (TPSA) is 107 Å². The molecule has 114 valence electrons. The summed E-state index contributed by atoms with van der Waals surface area (Å²) >= 11 is 0. The molecule has 1 heterocycles. The van der Waals surface area contributed by atoms with E-state index in [9.17, 15) is 19.5 Å². The third-order valence-electron chi connectivity index (χ3n) is 3.09. The minimum atomic E-state index is -1.14. The molecule has 0 saturated carbocycles. The zero-order chi connectivity index (χ0) is 15.3. The van der Waals surface area contributed by atoms with Crippen LogP contribution in [0.4, 0.5) is 4.79 Å². The number of nitrogens with zero attached hydrogens (tertiary/aromatic N) is 2. The number of hydrogen-bond donors (Lipinski definition) is 2. The predicted molar refractivity (Wildman–Crippen MR) is 68.0 cm³/mol. The Morgan fingerprint density at radius 1 is 1.40 bits per heavy atom. The van der Waals surface area contributed by atoms with Gasteiger partial charge in [-0.2, -0.15) is 0 Å². The van der Waals surface area contributed by atoms with E-state index in [1.165, 1.54) is 11.9 Å². The Bertz CT molecular complexity index is 386. The first-order chi connectivity index (χ1) is 9.36. The van der Waals surface area contributed by atoms with E-state index in [0.717, 1.165) is 4.90 Å². The zero-order valence-corrected chi connectivity index (χ0v) is 11.6. The van der Waals surface area contributed by atoms with E-state index in [0.29, 0.717) is 0 Å². The summed E-state index contributed by atoms with van der Waals surface area (Å²) in [5.41, 5.74) is 0. The number of carboxylic acids is 1. The summed E-state index contributed by atoms with van der Waals surface area (Å²) in [6.07, 6.45) is -0.768. The summed E-state index contributed by atoms with van der Waals surface area (Å²) in [7, 11) is 1.48. The molecule has 0 spiro atoms. The molecule has 1 aliphatic heterocycles. The number of likely N-dealkylation sites (tertiary alicyclic amines) is 1. The lowest BCUT2D eigenvalue weighted by molar-refractivity contribution is -0.144. The Hall–Kier alpha value is -1.83. The number of rotatable bonds is 5. The van der Waals surface area contributed by atoms with Crippen molar-refractivity contribution in [2.75, 3.05) is 26.7 Å². The minimum Gasteiger partial charge on any atom is -0.480 e. The first-order valence-electron chi connectivity index (χ1n) is 6.45. The van der Waals surface area contributed by atoms with Gasteiger partial charge in [-0.3, -0.25) is 4.79 Å². The van der Waals surface area contributed by atoms with E-state index in [2.05, 4.69) is 0 Å². The van der Waals surface area contributed by atoms with Crippen LogP contribution in [0, 0.1) is 0 Å². The molecule has 20 heavy (non-hydrogen) atoms. The second kappa shape index (κ2) is 7.09. The van der Waals surface area contributed by atoms with Crippen LogP contribution in [-0.4, -0.2) is 76.9 Å². The second-order valence-corrected chi connectivity index (χ2v) is 4.66. The van der Waals surface area contributed by atoms with Crippen molar-refractivity contribution in [3.63, 3.8) is 0 Å². The van der Waals surface area contributed by atoms with E-state index in [4.69, 9.17) is 9.84 Å². The van der Waals surface area contributed by atoms with Crippen molar-refractivity contribution in [1.29, 1.82) is 0 Å². The van der Waals surface area contributed by atoms with Crippen molar-refractivity contribution >= 4 is 18.0 Å². The molecular formula is C12H20N2O6. The molecule has 8 heteroatoms. The Labute approximate surface area is 116 Å². The molecule has 0 unspecified atom stereocenters. The predicted octanol–water partition coefficient (Wildman–Crippen LogP) is -0.489. The lowest BCUT2D eigenvalue weighted by Gasteiger charge is -2.27. The third kappa shape index (κ3) is 4.09. The summed E-state index contributed by atoms with van der Waals surface area (Å²) in [5.74, 6) is -1.56. The molecule has 2 amide bonds. The molecule has 0 aromatic carbocycles. The fourth-order valence-corrected chi connectivity index (χ4v) is 2.07. The van der Waals surface area contributed by atoms with Gasteiger partial charge in [-0.15, -0.1) is 0 Å². The number of esters is 1. The Balaban J connectivity index is 2.55. The molecule has 0 aromatic heterocycles. The van der Waals surface area contributed by atoms with Crippen LogP contribution in [0.3, 0.4) is 0 Å². The fourth-order valence-electron chi connectivity index (χ4n) is 2.07. The number of aliphatic hydroxyl groups is 1. The maximum atomic E-state index is 12.1. The van der Waals surface area contributed by atoms with Gasteiger partial charge in [0, 0.05) is 26.6 Å². The number of urea groups is 1. The summed E-state index contributed by atoms with van der Waals surface area (Å²) in [6.45, 7) is 2.09. The average Bonchev–Trinajstić information content (AvgIpc) is 2.77. The molecule has 1 rings (SSSR count). The smallest absolute Gasteiger partial charge is 0.326 e. The van der Waals surface area contributed by atoms with Crippen molar-refractivity contribution in [2.24, 2.45) is 0 Å². The lowest BCUT2D eigenvalue weighted by atomic mass is 10.2. The highest BCUT2D eigenvalue weighted by atomic mass is 16.5. The molecule has 1 fully saturated rings. The average molecular weight is 288 g/mol. The van der Waals surface area contributed by atoms with Crippen LogP contribution >= 0.6 is 0 Å². The highest BCUT2D eigenvalue weighted by Gasteiger charge is 2.40. The fraction of sp³-hybridized carbons (Fsp3) is 0.750. The van der Waals surface area contributed by atoms with Crippen molar-refractivity contribution < 1.29 is 29.3 Å². The van der Waals surface area contributed by atoms with E-state index in [1.807, 2.05) is 0 Å². The van der Waals surface area contributed by atoms with Crippen molar-refractivity contribution in [2.45, 2.75) is 31.9 Å². The van der Waals surface area contributed by atoms with Crippen molar-refractivity contribution in [1.82, 2.24) is 9.80 Å². The SMILES string of the molecule is CCOC(=O)CCN(C)C(=O)N1C[C@H](O)C[C@H]1C(=O)O. The van der Waals surface area contributed by atoms with Gasteiger partial charge in [0.1, 0.15) is 6.04 Å². The molecule has 1 aliphatic rings. The number of ether oxygens (including phenoxy) is 1. The van der Waals surface area contributed by atoms with E-state index in [1.54, 1.807) is 6.92 Å². The number of hydrogen-bond acceptors (Lipinski definition) is 5. The Morgan fingerprint density at radius 2 is 2.05 bits per heavy atom. The van der Waals surface area contributed by atoms with Gasteiger partial charge in [0.05, 0.1) is 19.1 Å². The minimum absolute atomic E-state index is 0.0143. The van der Waals surface area contributed by atoms with Crippen LogP contribution in [0.5, 0.6) is 0 Å². The number of aliphatic hydroxyl groups excluding tert-OH is 1. The maximum absolute atomic E-state index is 12.1. The highest BCUT2D eigenvalue weighted by molar-refractivity contribution is 5.83. The van der Waals surface area contributed by atoms with E-state index >= 15 is 0 Å². The lowest BCUT2D eigenvalue weighted by Crippen LogP contribution is -2.47. The van der Waals surface area contributed by atoms with Crippen LogP contribution in [0.25, 0.3) is 0 Å². The standard InChI is InChI=1S/C12H20N2O6/c1-3-20-10(16)4-5-13(2)12(19)14-7-8(15)6-9(14)11(17)18/h8-9,15H,3-7H2,1-2H3,(H,17,18)/t8-,9+/m1/s1. The summed E-state index contributed by atoms with van der Waals surface area (Å²) < 4.78 is 4.75. The van der Waals surface area contributed by atoms with Gasteiger partial charge in [0.15, 0.2) is 0 Å². The first-order valence-corrected chi connectivity index (χ1v) is 6.45. The number of carbonyl (C=O) groups excluding carboxylic acids is 2. The van der Waals surface area contributed by atoms with Gasteiger partial charge in [0.2, 0.25) is 0 Å². The monoisotopic (exact) mass is 288 g/mol. The van der Waals surface area contributed by atoms with Gasteiger partial charge in [0.25, 0.3) is 0 Å². The number of β-amino-alcohol motifs (C(OH)–C–C–N with tert-alkyl or cyclic N) is 1. The molecule has 8 nitrogen and oxygen atoms in total. The highest BCUT2D eigenvalue weighted by Crippen LogP contribution is 2.19. The normalized spacial score (nSPS) is 21.6. The number of amides is 2. The van der Waals surface area contributed by atoms with Gasteiger partial charge in [-0.1, -0.05) is 0 Å². The molecule has 2 atom stereocenters. The third-order valence-corrected chi connectivity index (χ3v) is 3.09. The molecule has 2 N–H and O–H groups in total. The molecule has 0 bridgehead atoms. The molecule has 0 radical (unpaired) electrons. The molecule has 0 aromatic rings. The summed E-state index contributed by atoms with van der Waals surface area (Å²) in [5, 5.41) is 18.5. The summed E-state index contributed by atoms with van der Waals surface area (Å²) in [6, 6.07) is -1.54. The zero-order valence-electron chi connectivity index (χ0n) is 11.6. The number of carboxylic acid groups (broad SMARTS) is 1. The van der Waals surface area contributed by atoms with Crippen LogP contribution in [-0.2, 0) is 14.3 Å². The van der Waals surface area contributed by atoms with Crippen molar-refractivity contribution in [3.8, 4) is 0 Å². The number of carbonyl (C=O) groups is 3. The number of aliphatic carboxylic acids is 1. The van der Waals surface area contributed by atoms with Crippen LogP contribution < -0.4 is 0 Å². The second-order valence-electron chi connectivity index (χ2n) is 4.66. The molecular weight excluding hydrogens is 268 g/mol. The Morgan fingerprint density at radius 3 is 2.60 bits per heavy atom. The van der Waals surface area contributed by atoms with Gasteiger partial charge >= 0.3 is 18.0 Å². The van der Waals surface area contributed by atoms with Crippen molar-refractivity contribution in [3.05, 3.63) is 0 Å². The van der Waals surface area contributed by atoms with Gasteiger partial charge in [-0.05, 0) is 6.92 Å². The Kier molecular flexibility index (Phi) is 5.75. The maximum Gasteiger partial charge on any atom is 0.326 e. The van der Waals surface area contributed by atoms with Crippen LogP contribution in [0.1, 0.15) is 19.8 Å². The molecule has 1 saturated heterocycles. The summed E-state index contributed by atoms with van der Waals surface area (Å²) in [4.78, 5) is 36.7. The van der Waals surface area contributed by atoms with Crippen LogP contribution in [0.2, 0.25) is 0 Å². The van der Waals surface area contributed by atoms with E-state index in [-0.39, 0.29) is 32.5 Å².